The summed E-state index contributed by atoms with van der Waals surface area (Å²) in [6.45, 7) is 0.109. The molecule has 0 saturated carbocycles. The summed E-state index contributed by atoms with van der Waals surface area (Å²) in [6.07, 6.45) is 0. The largest absolute Gasteiger partial charge is 0.392 e. The van der Waals surface area contributed by atoms with Crippen molar-refractivity contribution in [1.29, 1.82) is 0 Å². The maximum Gasteiger partial charge on any atom is 0.0682 e. The third-order valence-corrected chi connectivity index (χ3v) is 5.77. The third kappa shape index (κ3) is 1.35. The van der Waals surface area contributed by atoms with Crippen LogP contribution >= 0.6 is 22.7 Å². The number of fused-ring (bicyclic) bond motifs is 5. The van der Waals surface area contributed by atoms with E-state index in [-0.39, 0.29) is 6.61 Å². The molecule has 2 aromatic carbocycles. The van der Waals surface area contributed by atoms with Crippen LogP contribution in [-0.4, -0.2) is 5.11 Å². The molecule has 2 heterocycles. The molecule has 0 radical (unpaired) electrons. The van der Waals surface area contributed by atoms with Crippen molar-refractivity contribution in [2.24, 2.45) is 0 Å². The molecule has 0 amide bonds. The molecule has 0 unspecified atom stereocenters. The molecule has 0 saturated heterocycles. The summed E-state index contributed by atoms with van der Waals surface area (Å²) in [5.74, 6) is 0. The second-order valence-electron chi connectivity index (χ2n) is 4.35. The van der Waals surface area contributed by atoms with Gasteiger partial charge in [-0.15, -0.1) is 22.7 Å². The highest BCUT2D eigenvalue weighted by Gasteiger charge is 2.11. The SMILES string of the molecule is OCc1ccc2sc3c4ccccc4sc3c2c1. The lowest BCUT2D eigenvalue weighted by molar-refractivity contribution is 0.282. The molecule has 0 aliphatic rings. The lowest BCUT2D eigenvalue weighted by atomic mass is 10.1. The summed E-state index contributed by atoms with van der Waals surface area (Å²) in [6, 6.07) is 14.8. The fourth-order valence-electron chi connectivity index (χ4n) is 2.35. The molecule has 4 rings (SSSR count). The molecule has 1 N–H and O–H groups in total. The van der Waals surface area contributed by atoms with Gasteiger partial charge in [-0.2, -0.15) is 0 Å². The number of rotatable bonds is 1. The number of aliphatic hydroxyl groups excluding tert-OH is 1. The Balaban J connectivity index is 2.21. The van der Waals surface area contributed by atoms with Gasteiger partial charge < -0.3 is 5.11 Å². The smallest absolute Gasteiger partial charge is 0.0682 e. The molecule has 0 bridgehead atoms. The molecule has 88 valence electrons. The Labute approximate surface area is 112 Å². The number of thiophene rings is 2. The first-order chi connectivity index (χ1) is 8.86. The Bertz CT molecular complexity index is 870. The third-order valence-electron chi connectivity index (χ3n) is 3.23. The first-order valence-corrected chi connectivity index (χ1v) is 7.43. The van der Waals surface area contributed by atoms with E-state index in [0.717, 1.165) is 5.56 Å². The van der Waals surface area contributed by atoms with E-state index in [2.05, 4.69) is 36.4 Å². The van der Waals surface area contributed by atoms with Crippen molar-refractivity contribution in [3.63, 3.8) is 0 Å². The first-order valence-electron chi connectivity index (χ1n) is 5.80. The summed E-state index contributed by atoms with van der Waals surface area (Å²) < 4.78 is 5.38. The van der Waals surface area contributed by atoms with Crippen molar-refractivity contribution in [3.8, 4) is 0 Å². The molecule has 3 heteroatoms. The van der Waals surface area contributed by atoms with Crippen LogP contribution in [0.4, 0.5) is 0 Å². The van der Waals surface area contributed by atoms with Crippen LogP contribution in [0.1, 0.15) is 5.56 Å². The Kier molecular flexibility index (Phi) is 2.21. The lowest BCUT2D eigenvalue weighted by Gasteiger charge is -1.95. The molecule has 2 aromatic heterocycles. The summed E-state index contributed by atoms with van der Waals surface area (Å²) in [5, 5.41) is 11.9. The zero-order valence-corrected chi connectivity index (χ0v) is 11.1. The minimum Gasteiger partial charge on any atom is -0.392 e. The van der Waals surface area contributed by atoms with Gasteiger partial charge in [-0.1, -0.05) is 24.3 Å². The van der Waals surface area contributed by atoms with Crippen molar-refractivity contribution in [3.05, 3.63) is 48.0 Å². The number of aliphatic hydroxyl groups is 1. The average molecular weight is 270 g/mol. The second-order valence-corrected chi connectivity index (χ2v) is 6.45. The van der Waals surface area contributed by atoms with Gasteiger partial charge in [0.05, 0.1) is 16.0 Å². The highest BCUT2D eigenvalue weighted by molar-refractivity contribution is 7.36. The minimum absolute atomic E-state index is 0.109. The van der Waals surface area contributed by atoms with Crippen LogP contribution in [0.3, 0.4) is 0 Å². The van der Waals surface area contributed by atoms with E-state index in [0.29, 0.717) is 0 Å². The van der Waals surface area contributed by atoms with E-state index in [1.807, 2.05) is 28.7 Å². The molecule has 0 fully saturated rings. The van der Waals surface area contributed by atoms with Crippen LogP contribution in [0.2, 0.25) is 0 Å². The monoisotopic (exact) mass is 270 g/mol. The van der Waals surface area contributed by atoms with E-state index in [1.165, 1.54) is 29.6 Å². The van der Waals surface area contributed by atoms with Gasteiger partial charge in [0.1, 0.15) is 0 Å². The van der Waals surface area contributed by atoms with Gasteiger partial charge in [0, 0.05) is 20.2 Å². The predicted octanol–water partition coefficient (Wildman–Crippen LogP) is 4.76. The standard InChI is InChI=1S/C15H10OS2/c16-8-9-5-6-13-11(7-9)15-14(18-13)10-3-1-2-4-12(10)17-15/h1-7,16H,8H2. The van der Waals surface area contributed by atoms with E-state index < -0.39 is 0 Å². The highest BCUT2D eigenvalue weighted by Crippen LogP contribution is 2.44. The molecule has 0 atom stereocenters. The number of benzene rings is 2. The van der Waals surface area contributed by atoms with E-state index in [9.17, 15) is 5.11 Å². The zero-order valence-electron chi connectivity index (χ0n) is 9.51. The summed E-state index contributed by atoms with van der Waals surface area (Å²) in [5.41, 5.74) is 0.986. The molecule has 0 aliphatic heterocycles. The Hall–Kier alpha value is -1.42. The van der Waals surface area contributed by atoms with E-state index >= 15 is 0 Å². The van der Waals surface area contributed by atoms with E-state index in [1.54, 1.807) is 0 Å². The molecule has 0 spiro atoms. The van der Waals surface area contributed by atoms with Crippen LogP contribution in [-0.2, 0) is 6.61 Å². The van der Waals surface area contributed by atoms with Crippen molar-refractivity contribution < 1.29 is 5.11 Å². The number of hydrogen-bond donors (Lipinski definition) is 1. The van der Waals surface area contributed by atoms with Gasteiger partial charge in [0.25, 0.3) is 0 Å². The van der Waals surface area contributed by atoms with Crippen LogP contribution < -0.4 is 0 Å². The van der Waals surface area contributed by atoms with Crippen LogP contribution in [0.5, 0.6) is 0 Å². The summed E-state index contributed by atoms with van der Waals surface area (Å²) in [7, 11) is 0. The maximum absolute atomic E-state index is 9.25. The van der Waals surface area contributed by atoms with Crippen LogP contribution in [0.25, 0.3) is 29.6 Å². The van der Waals surface area contributed by atoms with Gasteiger partial charge in [-0.3, -0.25) is 0 Å². The normalized spacial score (nSPS) is 11.8. The molecular formula is C15H10OS2. The van der Waals surface area contributed by atoms with Crippen molar-refractivity contribution >= 4 is 52.2 Å². The molecular weight excluding hydrogens is 260 g/mol. The second kappa shape index (κ2) is 3.79. The lowest BCUT2D eigenvalue weighted by Crippen LogP contribution is -1.79. The van der Waals surface area contributed by atoms with Crippen LogP contribution in [0, 0.1) is 0 Å². The average Bonchev–Trinajstić information content (AvgIpc) is 2.94. The summed E-state index contributed by atoms with van der Waals surface area (Å²) in [4.78, 5) is 0. The Morgan fingerprint density at radius 1 is 0.833 bits per heavy atom. The highest BCUT2D eigenvalue weighted by atomic mass is 32.1. The van der Waals surface area contributed by atoms with Crippen molar-refractivity contribution in [1.82, 2.24) is 0 Å². The minimum atomic E-state index is 0.109. The van der Waals surface area contributed by atoms with Gasteiger partial charge >= 0.3 is 0 Å². The van der Waals surface area contributed by atoms with Gasteiger partial charge in [0.2, 0.25) is 0 Å². The first kappa shape index (κ1) is 10.5. The quantitative estimate of drug-likeness (QED) is 0.528. The van der Waals surface area contributed by atoms with Gasteiger partial charge in [-0.25, -0.2) is 0 Å². The molecule has 4 aromatic rings. The van der Waals surface area contributed by atoms with Crippen LogP contribution in [0.15, 0.2) is 42.5 Å². The molecule has 0 aliphatic carbocycles. The fraction of sp³-hybridized carbons (Fsp3) is 0.0667. The summed E-state index contributed by atoms with van der Waals surface area (Å²) >= 11 is 3.69. The van der Waals surface area contributed by atoms with E-state index in [4.69, 9.17) is 0 Å². The maximum atomic E-state index is 9.25. The van der Waals surface area contributed by atoms with Crippen molar-refractivity contribution in [2.75, 3.05) is 0 Å². The zero-order chi connectivity index (χ0) is 12.1. The van der Waals surface area contributed by atoms with Gasteiger partial charge in [0.15, 0.2) is 0 Å². The molecule has 18 heavy (non-hydrogen) atoms. The Morgan fingerprint density at radius 3 is 2.39 bits per heavy atom. The van der Waals surface area contributed by atoms with Crippen molar-refractivity contribution in [2.45, 2.75) is 6.61 Å². The Morgan fingerprint density at radius 2 is 1.56 bits per heavy atom. The predicted molar refractivity (Wildman–Crippen MR) is 80.6 cm³/mol. The fourth-order valence-corrected chi connectivity index (χ4v) is 4.98. The molecule has 1 nitrogen and oxygen atoms in total. The van der Waals surface area contributed by atoms with Gasteiger partial charge in [-0.05, 0) is 23.8 Å². The number of hydrogen-bond acceptors (Lipinski definition) is 3. The topological polar surface area (TPSA) is 20.2 Å².